The number of hydrogen-bond acceptors (Lipinski definition) is 4. The van der Waals surface area contributed by atoms with E-state index < -0.39 is 0 Å². The first-order chi connectivity index (χ1) is 8.79. The highest BCUT2D eigenvalue weighted by atomic mass is 16.5. The summed E-state index contributed by atoms with van der Waals surface area (Å²) in [6.07, 6.45) is 1.98. The van der Waals surface area contributed by atoms with E-state index in [1.807, 2.05) is 25.1 Å². The van der Waals surface area contributed by atoms with Crippen molar-refractivity contribution in [2.24, 2.45) is 0 Å². The van der Waals surface area contributed by atoms with Crippen LogP contribution in [0.1, 0.15) is 18.9 Å². The number of nitrogen functional groups attached to an aromatic ring is 1. The molecule has 18 heavy (non-hydrogen) atoms. The number of aromatic nitrogens is 3. The SMILES string of the molecule is CCOc1nc(N)n(CCCc2ccccc2)n1. The van der Waals surface area contributed by atoms with Crippen molar-refractivity contribution in [2.45, 2.75) is 26.3 Å². The van der Waals surface area contributed by atoms with Crippen molar-refractivity contribution in [3.8, 4) is 6.01 Å². The number of nitrogens with two attached hydrogens (primary N) is 1. The highest BCUT2D eigenvalue weighted by molar-refractivity contribution is 5.18. The van der Waals surface area contributed by atoms with Crippen molar-refractivity contribution in [1.29, 1.82) is 0 Å². The van der Waals surface area contributed by atoms with Gasteiger partial charge in [-0.25, -0.2) is 4.68 Å². The van der Waals surface area contributed by atoms with Crippen LogP contribution in [0.5, 0.6) is 6.01 Å². The Balaban J connectivity index is 1.86. The fraction of sp³-hybridized carbons (Fsp3) is 0.385. The van der Waals surface area contributed by atoms with Gasteiger partial charge in [0.05, 0.1) is 6.61 Å². The van der Waals surface area contributed by atoms with Gasteiger partial charge in [0.1, 0.15) is 0 Å². The van der Waals surface area contributed by atoms with Gasteiger partial charge >= 0.3 is 6.01 Å². The molecule has 0 spiro atoms. The van der Waals surface area contributed by atoms with Crippen LogP contribution < -0.4 is 10.5 Å². The molecule has 5 heteroatoms. The lowest BCUT2D eigenvalue weighted by atomic mass is 10.1. The Labute approximate surface area is 107 Å². The lowest BCUT2D eigenvalue weighted by Gasteiger charge is -2.02. The zero-order valence-corrected chi connectivity index (χ0v) is 10.5. The molecule has 0 fully saturated rings. The van der Waals surface area contributed by atoms with Crippen LogP contribution in [0.2, 0.25) is 0 Å². The number of rotatable bonds is 6. The highest BCUT2D eigenvalue weighted by Gasteiger charge is 2.06. The van der Waals surface area contributed by atoms with Crippen LogP contribution in [0.25, 0.3) is 0 Å². The first kappa shape index (κ1) is 12.4. The van der Waals surface area contributed by atoms with E-state index in [9.17, 15) is 0 Å². The quantitative estimate of drug-likeness (QED) is 0.845. The summed E-state index contributed by atoms with van der Waals surface area (Å²) in [4.78, 5) is 4.03. The second-order valence-corrected chi connectivity index (χ2v) is 4.00. The van der Waals surface area contributed by atoms with E-state index in [0.717, 1.165) is 19.4 Å². The molecule has 0 saturated carbocycles. The summed E-state index contributed by atoms with van der Waals surface area (Å²) in [5.74, 6) is 0.409. The lowest BCUT2D eigenvalue weighted by Crippen LogP contribution is -2.06. The molecule has 1 aromatic carbocycles. The first-order valence-corrected chi connectivity index (χ1v) is 6.16. The van der Waals surface area contributed by atoms with Gasteiger partial charge in [-0.05, 0) is 25.3 Å². The van der Waals surface area contributed by atoms with Crippen LogP contribution in [-0.4, -0.2) is 21.4 Å². The third kappa shape index (κ3) is 3.23. The van der Waals surface area contributed by atoms with Crippen LogP contribution in [0.3, 0.4) is 0 Å². The van der Waals surface area contributed by atoms with E-state index >= 15 is 0 Å². The minimum atomic E-state index is 0.356. The molecule has 0 aliphatic heterocycles. The number of anilines is 1. The van der Waals surface area contributed by atoms with Crippen molar-refractivity contribution in [2.75, 3.05) is 12.3 Å². The largest absolute Gasteiger partial charge is 0.463 e. The Bertz CT molecular complexity index is 481. The molecular formula is C13H18N4O. The highest BCUT2D eigenvalue weighted by Crippen LogP contribution is 2.09. The van der Waals surface area contributed by atoms with Crippen molar-refractivity contribution in [1.82, 2.24) is 14.8 Å². The van der Waals surface area contributed by atoms with Crippen LogP contribution in [0.4, 0.5) is 5.95 Å². The molecule has 0 amide bonds. The van der Waals surface area contributed by atoms with Gasteiger partial charge in [0, 0.05) is 6.54 Å². The smallest absolute Gasteiger partial charge is 0.337 e. The molecule has 0 aliphatic carbocycles. The van der Waals surface area contributed by atoms with Gasteiger partial charge in [-0.2, -0.15) is 4.98 Å². The molecule has 0 unspecified atom stereocenters. The fourth-order valence-corrected chi connectivity index (χ4v) is 1.76. The maximum absolute atomic E-state index is 5.76. The maximum atomic E-state index is 5.76. The normalized spacial score (nSPS) is 10.5. The molecule has 1 aromatic heterocycles. The summed E-state index contributed by atoms with van der Waals surface area (Å²) in [6, 6.07) is 10.7. The molecule has 2 N–H and O–H groups in total. The molecule has 0 bridgehead atoms. The third-order valence-corrected chi connectivity index (χ3v) is 2.63. The Hall–Kier alpha value is -2.04. The summed E-state index contributed by atoms with van der Waals surface area (Å²) < 4.78 is 6.90. The van der Waals surface area contributed by atoms with Crippen molar-refractivity contribution in [3.05, 3.63) is 35.9 Å². The van der Waals surface area contributed by atoms with Crippen molar-refractivity contribution in [3.63, 3.8) is 0 Å². The second-order valence-electron chi connectivity index (χ2n) is 4.00. The summed E-state index contributed by atoms with van der Waals surface area (Å²) in [6.45, 7) is 3.20. The number of benzene rings is 1. The zero-order valence-electron chi connectivity index (χ0n) is 10.5. The predicted octanol–water partition coefficient (Wildman–Crippen LogP) is 1.89. The van der Waals surface area contributed by atoms with Gasteiger partial charge in [0.15, 0.2) is 0 Å². The van der Waals surface area contributed by atoms with E-state index in [1.54, 1.807) is 4.68 Å². The molecule has 0 radical (unpaired) electrons. The van der Waals surface area contributed by atoms with E-state index in [0.29, 0.717) is 18.6 Å². The number of ether oxygens (including phenoxy) is 1. The van der Waals surface area contributed by atoms with E-state index in [4.69, 9.17) is 10.5 Å². The van der Waals surface area contributed by atoms with Gasteiger partial charge in [-0.1, -0.05) is 30.3 Å². The Morgan fingerprint density at radius 1 is 1.28 bits per heavy atom. The summed E-state index contributed by atoms with van der Waals surface area (Å²) in [5, 5.41) is 4.19. The number of nitrogens with zero attached hydrogens (tertiary/aromatic N) is 3. The first-order valence-electron chi connectivity index (χ1n) is 6.16. The van der Waals surface area contributed by atoms with E-state index in [1.165, 1.54) is 5.56 Å². The average molecular weight is 246 g/mol. The monoisotopic (exact) mass is 246 g/mol. The van der Waals surface area contributed by atoms with Crippen LogP contribution in [0, 0.1) is 0 Å². The molecule has 0 atom stereocenters. The van der Waals surface area contributed by atoms with Crippen LogP contribution in [-0.2, 0) is 13.0 Å². The standard InChI is InChI=1S/C13H18N4O/c1-2-18-13-15-12(14)17(16-13)10-6-9-11-7-4-3-5-8-11/h3-5,7-8H,2,6,9-10H2,1H3,(H2,14,15,16). The topological polar surface area (TPSA) is 66.0 Å². The van der Waals surface area contributed by atoms with Gasteiger partial charge in [0.25, 0.3) is 0 Å². The molecule has 0 saturated heterocycles. The molecule has 96 valence electrons. The van der Waals surface area contributed by atoms with Gasteiger partial charge < -0.3 is 10.5 Å². The average Bonchev–Trinajstić information content (AvgIpc) is 2.72. The number of aryl methyl sites for hydroxylation is 2. The Morgan fingerprint density at radius 2 is 2.06 bits per heavy atom. The summed E-state index contributed by atoms with van der Waals surface area (Å²) in [7, 11) is 0. The van der Waals surface area contributed by atoms with Crippen molar-refractivity contribution >= 4 is 5.95 Å². The maximum Gasteiger partial charge on any atom is 0.337 e. The predicted molar refractivity (Wildman–Crippen MR) is 70.4 cm³/mol. The van der Waals surface area contributed by atoms with Crippen LogP contribution >= 0.6 is 0 Å². The third-order valence-electron chi connectivity index (χ3n) is 2.63. The van der Waals surface area contributed by atoms with E-state index in [2.05, 4.69) is 22.2 Å². The lowest BCUT2D eigenvalue weighted by molar-refractivity contribution is 0.310. The fourth-order valence-electron chi connectivity index (χ4n) is 1.76. The van der Waals surface area contributed by atoms with E-state index in [-0.39, 0.29) is 0 Å². The molecule has 5 nitrogen and oxygen atoms in total. The van der Waals surface area contributed by atoms with Crippen LogP contribution in [0.15, 0.2) is 30.3 Å². The van der Waals surface area contributed by atoms with Gasteiger partial charge in [-0.15, -0.1) is 5.10 Å². The molecule has 2 rings (SSSR count). The minimum absolute atomic E-state index is 0.356. The summed E-state index contributed by atoms with van der Waals surface area (Å²) >= 11 is 0. The molecular weight excluding hydrogens is 228 g/mol. The van der Waals surface area contributed by atoms with Gasteiger partial charge in [0.2, 0.25) is 5.95 Å². The van der Waals surface area contributed by atoms with Gasteiger partial charge in [-0.3, -0.25) is 0 Å². The minimum Gasteiger partial charge on any atom is -0.463 e. The molecule has 1 heterocycles. The zero-order chi connectivity index (χ0) is 12.8. The Kier molecular flexibility index (Phi) is 4.17. The second kappa shape index (κ2) is 6.05. The number of hydrogen-bond donors (Lipinski definition) is 1. The summed E-state index contributed by atoms with van der Waals surface area (Å²) in [5.41, 5.74) is 7.08. The Morgan fingerprint density at radius 3 is 2.78 bits per heavy atom. The molecule has 2 aromatic rings. The van der Waals surface area contributed by atoms with Crippen molar-refractivity contribution < 1.29 is 4.74 Å². The molecule has 0 aliphatic rings.